The van der Waals surface area contributed by atoms with Crippen molar-refractivity contribution in [2.75, 3.05) is 38.9 Å². The minimum atomic E-state index is -0.905. The number of para-hydroxylation sites is 1. The van der Waals surface area contributed by atoms with Gasteiger partial charge in [0.2, 0.25) is 11.8 Å². The zero-order valence-electron chi connectivity index (χ0n) is 19.6. The zero-order valence-corrected chi connectivity index (χ0v) is 19.6. The summed E-state index contributed by atoms with van der Waals surface area (Å²) in [5.74, 6) is 0.532. The van der Waals surface area contributed by atoms with Gasteiger partial charge in [0.05, 0.1) is 26.4 Å². The maximum atomic E-state index is 12.9. The van der Waals surface area contributed by atoms with E-state index in [1.165, 1.54) is 0 Å². The highest BCUT2D eigenvalue weighted by molar-refractivity contribution is 5.97. The molecule has 0 heterocycles. The van der Waals surface area contributed by atoms with E-state index < -0.39 is 17.9 Å². The number of nitrogens with one attached hydrogen (secondary N) is 2. The average Bonchev–Trinajstić information content (AvgIpc) is 2.88. The summed E-state index contributed by atoms with van der Waals surface area (Å²) in [6, 6.07) is 25.1. The van der Waals surface area contributed by atoms with Crippen LogP contribution in [-0.2, 0) is 30.4 Å². The molecule has 2 N–H and O–H groups in total. The van der Waals surface area contributed by atoms with Crippen LogP contribution < -0.4 is 15.4 Å². The molecule has 0 fully saturated rings. The van der Waals surface area contributed by atoms with E-state index in [1.807, 2.05) is 60.7 Å². The van der Waals surface area contributed by atoms with Crippen molar-refractivity contribution >= 4 is 17.5 Å². The number of ether oxygens (including phenoxy) is 4. The largest absolute Gasteiger partial charge is 0.457 e. The predicted octanol–water partition coefficient (Wildman–Crippen LogP) is 3.78. The van der Waals surface area contributed by atoms with E-state index in [2.05, 4.69) is 10.6 Å². The lowest BCUT2D eigenvalue weighted by molar-refractivity contribution is -0.131. The number of benzene rings is 3. The topological polar surface area (TPSA) is 95.1 Å². The normalized spacial score (nSPS) is 11.5. The van der Waals surface area contributed by atoms with Crippen LogP contribution in [0.2, 0.25) is 0 Å². The highest BCUT2D eigenvalue weighted by Crippen LogP contribution is 2.22. The molecular formula is C27H30N2O6. The molecule has 1 atom stereocenters. The predicted molar refractivity (Wildman–Crippen MR) is 132 cm³/mol. The third kappa shape index (κ3) is 9.58. The summed E-state index contributed by atoms with van der Waals surface area (Å²) in [6.45, 7) is 0.789. The number of carbonyl (C=O) groups is 2. The summed E-state index contributed by atoms with van der Waals surface area (Å²) >= 11 is 0. The molecule has 8 heteroatoms. The van der Waals surface area contributed by atoms with E-state index in [4.69, 9.17) is 18.9 Å². The van der Waals surface area contributed by atoms with Crippen molar-refractivity contribution in [1.29, 1.82) is 0 Å². The van der Waals surface area contributed by atoms with Crippen LogP contribution in [0.4, 0.5) is 5.69 Å². The molecule has 2 amide bonds. The molecule has 0 aromatic heterocycles. The minimum absolute atomic E-state index is 0.000257. The van der Waals surface area contributed by atoms with Crippen LogP contribution in [0.25, 0.3) is 0 Å². The first-order valence-electron chi connectivity index (χ1n) is 11.3. The van der Waals surface area contributed by atoms with Crippen LogP contribution in [0.3, 0.4) is 0 Å². The maximum absolute atomic E-state index is 12.9. The molecule has 3 rings (SSSR count). The number of amides is 2. The number of anilines is 1. The van der Waals surface area contributed by atoms with Crippen molar-refractivity contribution < 1.29 is 28.5 Å². The Kier molecular flexibility index (Phi) is 10.7. The fourth-order valence-electron chi connectivity index (χ4n) is 3.06. The van der Waals surface area contributed by atoms with E-state index in [-0.39, 0.29) is 19.8 Å². The molecule has 0 spiro atoms. The second kappa shape index (κ2) is 14.5. The molecular weight excluding hydrogens is 448 g/mol. The molecule has 0 saturated heterocycles. The van der Waals surface area contributed by atoms with Gasteiger partial charge in [0, 0.05) is 12.8 Å². The van der Waals surface area contributed by atoms with Crippen LogP contribution >= 0.6 is 0 Å². The summed E-state index contributed by atoms with van der Waals surface area (Å²) < 4.78 is 21.6. The summed E-state index contributed by atoms with van der Waals surface area (Å²) in [4.78, 5) is 25.2. The summed E-state index contributed by atoms with van der Waals surface area (Å²) in [5.41, 5.74) is 1.53. The summed E-state index contributed by atoms with van der Waals surface area (Å²) in [6.07, 6.45) is 0. The molecule has 3 aromatic carbocycles. The van der Waals surface area contributed by atoms with Crippen LogP contribution in [0, 0.1) is 0 Å². The van der Waals surface area contributed by atoms with Crippen molar-refractivity contribution in [3.8, 4) is 11.5 Å². The van der Waals surface area contributed by atoms with Gasteiger partial charge < -0.3 is 29.6 Å². The zero-order chi connectivity index (χ0) is 24.7. The average molecular weight is 479 g/mol. The van der Waals surface area contributed by atoms with E-state index in [1.54, 1.807) is 31.4 Å². The molecule has 0 bridgehead atoms. The lowest BCUT2D eigenvalue weighted by Gasteiger charge is -2.19. The molecule has 184 valence electrons. The first-order valence-corrected chi connectivity index (χ1v) is 11.3. The Morgan fingerprint density at radius 2 is 1.46 bits per heavy atom. The Morgan fingerprint density at radius 1 is 0.800 bits per heavy atom. The van der Waals surface area contributed by atoms with Crippen molar-refractivity contribution in [2.45, 2.75) is 12.6 Å². The lowest BCUT2D eigenvalue weighted by Crippen LogP contribution is -2.48. The Bertz CT molecular complexity index is 1030. The number of rotatable bonds is 14. The summed E-state index contributed by atoms with van der Waals surface area (Å²) in [7, 11) is 1.55. The fourth-order valence-corrected chi connectivity index (χ4v) is 3.06. The van der Waals surface area contributed by atoms with E-state index in [9.17, 15) is 9.59 Å². The van der Waals surface area contributed by atoms with Gasteiger partial charge in [-0.2, -0.15) is 0 Å². The molecule has 1 unspecified atom stereocenters. The van der Waals surface area contributed by atoms with Crippen LogP contribution in [0.1, 0.15) is 5.56 Å². The molecule has 3 aromatic rings. The second-order valence-corrected chi connectivity index (χ2v) is 7.59. The number of hydrogen-bond acceptors (Lipinski definition) is 6. The first kappa shape index (κ1) is 25.9. The van der Waals surface area contributed by atoms with Crippen molar-refractivity contribution in [2.24, 2.45) is 0 Å². The van der Waals surface area contributed by atoms with Gasteiger partial charge in [-0.05, 0) is 42.0 Å². The molecule has 0 aliphatic rings. The monoisotopic (exact) mass is 478 g/mol. The molecule has 35 heavy (non-hydrogen) atoms. The van der Waals surface area contributed by atoms with Crippen molar-refractivity contribution in [3.05, 3.63) is 90.5 Å². The molecule has 0 aliphatic heterocycles. The van der Waals surface area contributed by atoms with Crippen LogP contribution in [-0.4, -0.2) is 51.4 Å². The molecule has 0 aliphatic carbocycles. The van der Waals surface area contributed by atoms with Gasteiger partial charge in [0.15, 0.2) is 0 Å². The Hall–Kier alpha value is -3.72. The molecule has 0 saturated carbocycles. The minimum Gasteiger partial charge on any atom is -0.457 e. The van der Waals surface area contributed by atoms with Crippen LogP contribution in [0.15, 0.2) is 84.9 Å². The van der Waals surface area contributed by atoms with Gasteiger partial charge >= 0.3 is 0 Å². The Morgan fingerprint density at radius 3 is 2.14 bits per heavy atom. The fraction of sp³-hybridized carbons (Fsp3) is 0.259. The highest BCUT2D eigenvalue weighted by atomic mass is 16.5. The van der Waals surface area contributed by atoms with Gasteiger partial charge in [-0.25, -0.2) is 0 Å². The summed E-state index contributed by atoms with van der Waals surface area (Å²) in [5, 5.41) is 5.49. The third-order valence-electron chi connectivity index (χ3n) is 4.81. The number of methoxy groups -OCH3 is 1. The second-order valence-electron chi connectivity index (χ2n) is 7.59. The number of hydrogen-bond donors (Lipinski definition) is 2. The van der Waals surface area contributed by atoms with Gasteiger partial charge in [-0.15, -0.1) is 0 Å². The van der Waals surface area contributed by atoms with Gasteiger partial charge in [0.25, 0.3) is 0 Å². The molecule has 0 radical (unpaired) electrons. The van der Waals surface area contributed by atoms with E-state index in [0.717, 1.165) is 11.3 Å². The van der Waals surface area contributed by atoms with E-state index >= 15 is 0 Å². The Balaban J connectivity index is 1.56. The van der Waals surface area contributed by atoms with Gasteiger partial charge in [-0.1, -0.05) is 48.5 Å². The first-order chi connectivity index (χ1) is 17.1. The van der Waals surface area contributed by atoms with Gasteiger partial charge in [0.1, 0.15) is 24.1 Å². The van der Waals surface area contributed by atoms with Gasteiger partial charge in [-0.3, -0.25) is 9.59 Å². The Labute approximate surface area is 205 Å². The smallest absolute Gasteiger partial charge is 0.249 e. The standard InChI is InChI=1S/C27H30N2O6/c1-32-16-17-33-20-26(30)29-25(19-34-18-21-8-4-2-5-9-21)27(31)28-22-12-14-24(15-13-22)35-23-10-6-3-7-11-23/h2-15,25H,16-20H2,1H3,(H,28,31)(H,29,30). The quantitative estimate of drug-likeness (QED) is 0.343. The third-order valence-corrected chi connectivity index (χ3v) is 4.81. The van der Waals surface area contributed by atoms with E-state index in [0.29, 0.717) is 24.7 Å². The highest BCUT2D eigenvalue weighted by Gasteiger charge is 2.21. The molecule has 8 nitrogen and oxygen atoms in total. The number of carbonyl (C=O) groups excluding carboxylic acids is 2. The van der Waals surface area contributed by atoms with Crippen molar-refractivity contribution in [1.82, 2.24) is 5.32 Å². The SMILES string of the molecule is COCCOCC(=O)NC(COCc1ccccc1)C(=O)Nc1ccc(Oc2ccccc2)cc1. The van der Waals surface area contributed by atoms with Crippen molar-refractivity contribution in [3.63, 3.8) is 0 Å². The maximum Gasteiger partial charge on any atom is 0.249 e. The lowest BCUT2D eigenvalue weighted by atomic mass is 10.2. The van der Waals surface area contributed by atoms with Crippen LogP contribution in [0.5, 0.6) is 11.5 Å².